The molecule has 2 atom stereocenters. The maximum absolute atomic E-state index is 13.1. The van der Waals surface area contributed by atoms with Crippen LogP contribution in [-0.4, -0.2) is 54.0 Å². The van der Waals surface area contributed by atoms with Crippen molar-refractivity contribution >= 4 is 17.5 Å². The van der Waals surface area contributed by atoms with E-state index >= 15 is 0 Å². The summed E-state index contributed by atoms with van der Waals surface area (Å²) in [6, 6.07) is 15.4. The van der Waals surface area contributed by atoms with E-state index in [0.717, 1.165) is 62.2 Å². The van der Waals surface area contributed by atoms with E-state index in [0.29, 0.717) is 12.1 Å². The Hall–Kier alpha value is -2.86. The third-order valence-electron chi connectivity index (χ3n) is 6.29. The van der Waals surface area contributed by atoms with Crippen molar-refractivity contribution in [3.63, 3.8) is 0 Å². The summed E-state index contributed by atoms with van der Waals surface area (Å²) in [4.78, 5) is 29.7. The Kier molecular flexibility index (Phi) is 5.17. The summed E-state index contributed by atoms with van der Waals surface area (Å²) in [5, 5.41) is 3.52. The van der Waals surface area contributed by atoms with Crippen LogP contribution < -0.4 is 5.32 Å². The Bertz CT molecular complexity index is 948. The summed E-state index contributed by atoms with van der Waals surface area (Å²) < 4.78 is 5.80. The van der Waals surface area contributed by atoms with E-state index in [1.54, 1.807) is 0 Å². The predicted octanol–water partition coefficient (Wildman–Crippen LogP) is 3.67. The first-order chi connectivity index (χ1) is 14.7. The van der Waals surface area contributed by atoms with Crippen molar-refractivity contribution in [2.75, 3.05) is 31.6 Å². The molecule has 5 rings (SSSR count). The van der Waals surface area contributed by atoms with Gasteiger partial charge in [-0.2, -0.15) is 0 Å². The van der Waals surface area contributed by atoms with Crippen LogP contribution in [0.15, 0.2) is 48.5 Å². The lowest BCUT2D eigenvalue weighted by Crippen LogP contribution is -2.38. The summed E-state index contributed by atoms with van der Waals surface area (Å²) in [5.74, 6) is 0.109. The fourth-order valence-corrected chi connectivity index (χ4v) is 4.72. The quantitative estimate of drug-likeness (QED) is 0.825. The van der Waals surface area contributed by atoms with Gasteiger partial charge in [0, 0.05) is 48.6 Å². The minimum absolute atomic E-state index is 0.0305. The van der Waals surface area contributed by atoms with E-state index in [4.69, 9.17) is 4.74 Å². The molecule has 3 aliphatic rings. The van der Waals surface area contributed by atoms with Crippen molar-refractivity contribution in [3.8, 4) is 0 Å². The molecule has 156 valence electrons. The Morgan fingerprint density at radius 1 is 1.07 bits per heavy atom. The molecule has 2 saturated heterocycles. The van der Waals surface area contributed by atoms with E-state index in [1.165, 1.54) is 0 Å². The summed E-state index contributed by atoms with van der Waals surface area (Å²) in [6.45, 7) is 2.99. The number of likely N-dealkylation sites (tertiary alicyclic amines) is 1. The van der Waals surface area contributed by atoms with Crippen LogP contribution in [0.4, 0.5) is 5.69 Å². The Labute approximate surface area is 176 Å². The lowest BCUT2D eigenvalue weighted by Gasteiger charge is -2.29. The monoisotopic (exact) mass is 405 g/mol. The van der Waals surface area contributed by atoms with Crippen molar-refractivity contribution in [3.05, 3.63) is 65.2 Å². The number of hydrogen-bond acceptors (Lipinski definition) is 4. The molecule has 6 nitrogen and oxygen atoms in total. The zero-order valence-electron chi connectivity index (χ0n) is 17.0. The van der Waals surface area contributed by atoms with Gasteiger partial charge in [0.15, 0.2) is 0 Å². The van der Waals surface area contributed by atoms with E-state index in [1.807, 2.05) is 58.3 Å². The molecular formula is C24H27N3O3. The van der Waals surface area contributed by atoms with Crippen LogP contribution in [0.25, 0.3) is 0 Å². The number of anilines is 1. The largest absolute Gasteiger partial charge is 0.376 e. The topological polar surface area (TPSA) is 61.9 Å². The van der Waals surface area contributed by atoms with Gasteiger partial charge < -0.3 is 19.9 Å². The molecule has 2 aromatic carbocycles. The number of ether oxygens (including phenoxy) is 1. The van der Waals surface area contributed by atoms with Crippen molar-refractivity contribution < 1.29 is 14.3 Å². The Balaban J connectivity index is 1.40. The molecule has 1 N–H and O–H groups in total. The van der Waals surface area contributed by atoms with Crippen LogP contribution in [0.1, 0.15) is 58.1 Å². The lowest BCUT2D eigenvalue weighted by molar-refractivity contribution is 0.0488. The molecule has 3 aliphatic heterocycles. The number of nitrogens with zero attached hydrogens (tertiary/aromatic N) is 2. The number of carbonyl (C=O) groups is 2. The van der Waals surface area contributed by atoms with Gasteiger partial charge in [0.25, 0.3) is 11.8 Å². The molecule has 0 saturated carbocycles. The SMILES string of the molecule is O=C(c1cccc(N[C@H]2c3ccccc3C(=O)N2C[C@H]2CCCO2)c1)N1CCCC1. The van der Waals surface area contributed by atoms with Gasteiger partial charge >= 0.3 is 0 Å². The molecule has 0 radical (unpaired) electrons. The maximum atomic E-state index is 13.1. The smallest absolute Gasteiger partial charge is 0.256 e. The van der Waals surface area contributed by atoms with Gasteiger partial charge in [0.05, 0.1) is 6.10 Å². The number of benzene rings is 2. The highest BCUT2D eigenvalue weighted by molar-refractivity contribution is 5.99. The second-order valence-corrected chi connectivity index (χ2v) is 8.31. The number of fused-ring (bicyclic) bond motifs is 1. The first-order valence-electron chi connectivity index (χ1n) is 10.9. The molecule has 30 heavy (non-hydrogen) atoms. The molecule has 0 spiro atoms. The fourth-order valence-electron chi connectivity index (χ4n) is 4.72. The van der Waals surface area contributed by atoms with E-state index in [-0.39, 0.29) is 24.1 Å². The maximum Gasteiger partial charge on any atom is 0.256 e. The third kappa shape index (κ3) is 3.56. The third-order valence-corrected chi connectivity index (χ3v) is 6.29. The second kappa shape index (κ2) is 8.11. The van der Waals surface area contributed by atoms with Gasteiger partial charge in [-0.1, -0.05) is 24.3 Å². The molecule has 2 amide bonds. The van der Waals surface area contributed by atoms with Gasteiger partial charge in [-0.25, -0.2) is 0 Å². The highest BCUT2D eigenvalue weighted by atomic mass is 16.5. The Morgan fingerprint density at radius 2 is 1.90 bits per heavy atom. The standard InChI is InChI=1S/C24H27N3O3/c28-23(26-12-3-4-13-26)17-7-5-8-18(15-17)25-22-20-10-1-2-11-21(20)24(29)27(22)16-19-9-6-14-30-19/h1-2,5,7-8,10-11,15,19,22,25H,3-4,6,9,12-14,16H2/t19-,22-/m1/s1. The first kappa shape index (κ1) is 19.1. The zero-order chi connectivity index (χ0) is 20.5. The molecule has 0 unspecified atom stereocenters. The van der Waals surface area contributed by atoms with Crippen LogP contribution in [-0.2, 0) is 4.74 Å². The van der Waals surface area contributed by atoms with E-state index in [2.05, 4.69) is 5.32 Å². The summed E-state index contributed by atoms with van der Waals surface area (Å²) >= 11 is 0. The molecule has 0 aromatic heterocycles. The molecule has 0 aliphatic carbocycles. The van der Waals surface area contributed by atoms with Crippen LogP contribution in [0.2, 0.25) is 0 Å². The molecule has 2 aromatic rings. The van der Waals surface area contributed by atoms with Crippen LogP contribution in [0, 0.1) is 0 Å². The lowest BCUT2D eigenvalue weighted by atomic mass is 10.1. The van der Waals surface area contributed by atoms with E-state index < -0.39 is 0 Å². The van der Waals surface area contributed by atoms with Crippen LogP contribution in [0.5, 0.6) is 0 Å². The summed E-state index contributed by atoms with van der Waals surface area (Å²) in [5.41, 5.74) is 3.23. The van der Waals surface area contributed by atoms with Gasteiger partial charge in [-0.3, -0.25) is 9.59 Å². The zero-order valence-corrected chi connectivity index (χ0v) is 17.0. The number of rotatable bonds is 5. The molecular weight excluding hydrogens is 378 g/mol. The first-order valence-corrected chi connectivity index (χ1v) is 10.9. The minimum atomic E-state index is -0.268. The highest BCUT2D eigenvalue weighted by Crippen LogP contribution is 2.35. The average molecular weight is 405 g/mol. The molecule has 0 bridgehead atoms. The van der Waals surface area contributed by atoms with Gasteiger partial charge in [-0.15, -0.1) is 0 Å². The van der Waals surface area contributed by atoms with Crippen molar-refractivity contribution in [1.82, 2.24) is 9.80 Å². The minimum Gasteiger partial charge on any atom is -0.376 e. The van der Waals surface area contributed by atoms with E-state index in [9.17, 15) is 9.59 Å². The molecule has 3 heterocycles. The van der Waals surface area contributed by atoms with Gasteiger partial charge in [-0.05, 0) is 49.9 Å². The highest BCUT2D eigenvalue weighted by Gasteiger charge is 2.38. The summed E-state index contributed by atoms with van der Waals surface area (Å²) in [6.07, 6.45) is 3.97. The van der Waals surface area contributed by atoms with Crippen LogP contribution >= 0.6 is 0 Å². The van der Waals surface area contributed by atoms with Crippen molar-refractivity contribution in [2.45, 2.75) is 38.0 Å². The van der Waals surface area contributed by atoms with Crippen molar-refractivity contribution in [2.24, 2.45) is 0 Å². The van der Waals surface area contributed by atoms with Gasteiger partial charge in [0.1, 0.15) is 6.17 Å². The van der Waals surface area contributed by atoms with Crippen LogP contribution in [0.3, 0.4) is 0 Å². The number of carbonyl (C=O) groups excluding carboxylic acids is 2. The average Bonchev–Trinajstić information content (AvgIpc) is 3.53. The normalized spacial score (nSPS) is 23.1. The van der Waals surface area contributed by atoms with Gasteiger partial charge in [0.2, 0.25) is 0 Å². The number of hydrogen-bond donors (Lipinski definition) is 1. The van der Waals surface area contributed by atoms with Crippen molar-refractivity contribution in [1.29, 1.82) is 0 Å². The molecule has 6 heteroatoms. The Morgan fingerprint density at radius 3 is 2.70 bits per heavy atom. The number of amides is 2. The predicted molar refractivity (Wildman–Crippen MR) is 114 cm³/mol. The summed E-state index contributed by atoms with van der Waals surface area (Å²) in [7, 11) is 0. The fraction of sp³-hybridized carbons (Fsp3) is 0.417. The number of nitrogens with one attached hydrogen (secondary N) is 1. The second-order valence-electron chi connectivity index (χ2n) is 8.31. The molecule has 2 fully saturated rings.